The molecule has 0 radical (unpaired) electrons. The van der Waals surface area contributed by atoms with E-state index in [0.717, 1.165) is 23.1 Å². The molecule has 0 fully saturated rings. The van der Waals surface area contributed by atoms with E-state index in [-0.39, 0.29) is 79.1 Å². The lowest BCUT2D eigenvalue weighted by atomic mass is 9.71. The number of methoxy groups -OCH3 is 1. The zero-order valence-corrected chi connectivity index (χ0v) is 37.1. The van der Waals surface area contributed by atoms with Crippen molar-refractivity contribution in [2.45, 2.75) is 101 Å². The maximum Gasteiger partial charge on any atom is 0.339 e. The Bertz CT molecular complexity index is 2820. The van der Waals surface area contributed by atoms with Crippen molar-refractivity contribution < 1.29 is 43.2 Å². The fraction of sp³-hybridized carbons (Fsp3) is 0.364. The molecule has 0 unspecified atom stereocenters. The number of hydrogen-bond donors (Lipinski definition) is 2. The van der Waals surface area contributed by atoms with E-state index in [1.807, 2.05) is 6.07 Å². The van der Waals surface area contributed by atoms with E-state index in [1.54, 1.807) is 26.0 Å². The number of aliphatic hydroxyl groups excluding tert-OH is 2. The number of carbonyl (C=O) groups is 2. The summed E-state index contributed by atoms with van der Waals surface area (Å²) >= 11 is 0. The van der Waals surface area contributed by atoms with Gasteiger partial charge in [0.05, 0.1) is 31.8 Å². The van der Waals surface area contributed by atoms with Crippen LogP contribution in [0.4, 0.5) is 0 Å². The van der Waals surface area contributed by atoms with Crippen molar-refractivity contribution in [3.05, 3.63) is 169 Å². The summed E-state index contributed by atoms with van der Waals surface area (Å²) in [5.74, 6) is 5.50. The van der Waals surface area contributed by atoms with Crippen molar-refractivity contribution >= 4 is 22.9 Å². The number of aliphatic hydroxyl groups is 2. The van der Waals surface area contributed by atoms with Gasteiger partial charge < -0.3 is 33.6 Å². The number of rotatable bonds is 8. The van der Waals surface area contributed by atoms with E-state index in [2.05, 4.69) is 90.7 Å². The Morgan fingerprint density at radius 3 is 2.52 bits per heavy atom. The predicted molar refractivity (Wildman–Crippen MR) is 245 cm³/mol. The highest BCUT2D eigenvalue weighted by Gasteiger charge is 2.53. The Morgan fingerprint density at radius 2 is 1.72 bits per heavy atom. The van der Waals surface area contributed by atoms with E-state index in [0.29, 0.717) is 41.4 Å². The molecule has 0 spiro atoms. The summed E-state index contributed by atoms with van der Waals surface area (Å²) in [5, 5.41) is 21.5. The summed E-state index contributed by atoms with van der Waals surface area (Å²) < 4.78 is 31.4. The molecule has 4 aromatic carbocycles. The smallest absolute Gasteiger partial charge is 0.339 e. The second kappa shape index (κ2) is 18.7. The monoisotopic (exact) mass is 874 g/mol. The Kier molecular flexibility index (Phi) is 12.6. The molecule has 0 saturated heterocycles. The Hall–Kier alpha value is -6.25. The predicted octanol–water partition coefficient (Wildman–Crippen LogP) is 8.45. The number of benzene rings is 4. The van der Waals surface area contributed by atoms with Crippen LogP contribution in [0.1, 0.15) is 108 Å². The van der Waals surface area contributed by atoms with Crippen LogP contribution in [-0.4, -0.2) is 54.2 Å². The normalized spacial score (nSPS) is 24.6. The van der Waals surface area contributed by atoms with Gasteiger partial charge in [0.2, 0.25) is 0 Å². The van der Waals surface area contributed by atoms with Crippen LogP contribution in [0.3, 0.4) is 0 Å². The molecule has 4 heterocycles. The number of esters is 2. The first-order valence-corrected chi connectivity index (χ1v) is 22.6. The molecule has 0 saturated carbocycles. The van der Waals surface area contributed by atoms with Crippen molar-refractivity contribution in [1.82, 2.24) is 0 Å². The van der Waals surface area contributed by atoms with Gasteiger partial charge in [-0.25, -0.2) is 9.59 Å². The Morgan fingerprint density at radius 1 is 0.892 bits per heavy atom. The molecule has 10 heteroatoms. The molecule has 0 amide bonds. The minimum Gasteiger partial charge on any atom is -0.482 e. The molecular formula is C55H54O10. The lowest BCUT2D eigenvalue weighted by molar-refractivity contribution is -0.190. The molecule has 5 bridgehead atoms. The molecule has 9 rings (SSSR count). The van der Waals surface area contributed by atoms with Crippen molar-refractivity contribution in [3.8, 4) is 17.6 Å². The maximum atomic E-state index is 15.0. The molecule has 4 aliphatic rings. The van der Waals surface area contributed by atoms with E-state index >= 15 is 0 Å². The molecule has 3 aliphatic heterocycles. The third-order valence-corrected chi connectivity index (χ3v) is 13.7. The topological polar surface area (TPSA) is 142 Å². The van der Waals surface area contributed by atoms with Gasteiger partial charge in [-0.2, -0.15) is 0 Å². The van der Waals surface area contributed by atoms with Crippen molar-refractivity contribution in [2.24, 2.45) is 5.92 Å². The number of hydrogen-bond acceptors (Lipinski definition) is 10. The largest absolute Gasteiger partial charge is 0.482 e. The van der Waals surface area contributed by atoms with Gasteiger partial charge in [0.15, 0.2) is 17.8 Å². The summed E-state index contributed by atoms with van der Waals surface area (Å²) in [6, 6.07) is 28.9. The molecular weight excluding hydrogens is 821 g/mol. The van der Waals surface area contributed by atoms with Crippen LogP contribution in [0.15, 0.2) is 117 Å². The van der Waals surface area contributed by atoms with Crippen LogP contribution < -0.4 is 10.4 Å². The molecule has 334 valence electrons. The average molecular weight is 875 g/mol. The van der Waals surface area contributed by atoms with Gasteiger partial charge in [0.1, 0.15) is 11.3 Å². The summed E-state index contributed by atoms with van der Waals surface area (Å²) in [4.78, 5) is 43.3. The first-order chi connectivity index (χ1) is 31.6. The number of ether oxygens (including phenoxy) is 4. The SMILES string of the molecule is COCCc1c(CO)c2ccc3c(c2oc1=O)[C@H]1OC(=O)C[C@@H]2C[C@H](c4cccc(Cc5ccccc5)c4)C=C[C@H]2c2ccc4cc2CC#CC[C@@](C)(O3)[C@H]1OC(=O)/C(=C(/C)CO)CC4. The third-order valence-electron chi connectivity index (χ3n) is 13.7. The van der Waals surface area contributed by atoms with Crippen LogP contribution in [0.5, 0.6) is 5.75 Å². The van der Waals surface area contributed by atoms with Gasteiger partial charge in [-0.1, -0.05) is 96.8 Å². The standard InChI is InChI=1S/C55H54O10/c1-33(31-56)41-18-15-35-16-19-42-39(27-35)13-7-8-24-55(2)52(64-53(41)59)51(49-47(65-55)22-21-44-46(32-57)45(23-25-61-3)54(60)63-50(44)49)62-48(58)30-40-29-38(17-20-43(40)42)37-14-9-12-36(28-37)26-34-10-5-4-6-11-34/h4-6,9-12,14,16-17,19-22,27-28,38,40,43,51-52,56-57H,13,15,18,23-26,29-32H2,1-3H3/b41-33-/t38-,40+,43-,51-,52+,55-/m1/s1. The first kappa shape index (κ1) is 44.0. The average Bonchev–Trinajstić information content (AvgIpc) is 3.30. The quantitative estimate of drug-likeness (QED) is 0.0513. The fourth-order valence-electron chi connectivity index (χ4n) is 10.3. The summed E-state index contributed by atoms with van der Waals surface area (Å²) in [6.45, 7) is 2.87. The van der Waals surface area contributed by atoms with Crippen LogP contribution in [-0.2, 0) is 56.1 Å². The lowest BCUT2D eigenvalue weighted by Crippen LogP contribution is -2.54. The third kappa shape index (κ3) is 8.81. The zero-order chi connectivity index (χ0) is 45.2. The Balaban J connectivity index is 1.21. The number of allylic oxidation sites excluding steroid dienone is 2. The summed E-state index contributed by atoms with van der Waals surface area (Å²) in [6.07, 6.45) is 4.90. The summed E-state index contributed by atoms with van der Waals surface area (Å²) in [5.41, 5.74) is 6.35. The van der Waals surface area contributed by atoms with Crippen LogP contribution in [0, 0.1) is 17.8 Å². The van der Waals surface area contributed by atoms with Crippen LogP contribution >= 0.6 is 0 Å². The van der Waals surface area contributed by atoms with Crippen LogP contribution in [0.25, 0.3) is 11.0 Å². The highest BCUT2D eigenvalue weighted by atomic mass is 16.6. The van der Waals surface area contributed by atoms with E-state index in [4.69, 9.17) is 23.4 Å². The van der Waals surface area contributed by atoms with Gasteiger partial charge in [-0.15, -0.1) is 0 Å². The van der Waals surface area contributed by atoms with Gasteiger partial charge in [-0.3, -0.25) is 4.79 Å². The van der Waals surface area contributed by atoms with E-state index in [1.165, 1.54) is 23.8 Å². The molecule has 65 heavy (non-hydrogen) atoms. The van der Waals surface area contributed by atoms with Gasteiger partial charge in [-0.05, 0) is 102 Å². The van der Waals surface area contributed by atoms with Gasteiger partial charge in [0.25, 0.3) is 0 Å². The zero-order valence-electron chi connectivity index (χ0n) is 37.1. The van der Waals surface area contributed by atoms with E-state index in [9.17, 15) is 24.6 Å². The second-order valence-corrected chi connectivity index (χ2v) is 18.0. The number of carbonyl (C=O) groups excluding carboxylic acids is 2. The fourth-order valence-corrected chi connectivity index (χ4v) is 10.3. The van der Waals surface area contributed by atoms with Gasteiger partial charge >= 0.3 is 17.6 Å². The Labute approximate surface area is 378 Å². The highest BCUT2D eigenvalue weighted by molar-refractivity contribution is 5.90. The minimum absolute atomic E-state index is 0.0231. The minimum atomic E-state index is -1.37. The van der Waals surface area contributed by atoms with Gasteiger partial charge in [0, 0.05) is 54.7 Å². The lowest BCUT2D eigenvalue weighted by Gasteiger charge is -2.45. The van der Waals surface area contributed by atoms with E-state index < -0.39 is 42.0 Å². The molecule has 1 aromatic heterocycles. The molecule has 2 N–H and O–H groups in total. The highest BCUT2D eigenvalue weighted by Crippen LogP contribution is 2.50. The molecule has 6 atom stereocenters. The maximum absolute atomic E-state index is 15.0. The van der Waals surface area contributed by atoms with Crippen molar-refractivity contribution in [3.63, 3.8) is 0 Å². The number of aryl methyl sites for hydroxylation is 1. The molecule has 10 nitrogen and oxygen atoms in total. The summed E-state index contributed by atoms with van der Waals surface area (Å²) in [7, 11) is 1.53. The van der Waals surface area contributed by atoms with Crippen LogP contribution in [0.2, 0.25) is 0 Å². The second-order valence-electron chi connectivity index (χ2n) is 18.0. The van der Waals surface area contributed by atoms with Crippen molar-refractivity contribution in [2.75, 3.05) is 20.3 Å². The first-order valence-electron chi connectivity index (χ1n) is 22.6. The number of fused-ring (bicyclic) bond motifs is 9. The van der Waals surface area contributed by atoms with Crippen molar-refractivity contribution in [1.29, 1.82) is 0 Å². The molecule has 5 aromatic rings. The molecule has 1 aliphatic carbocycles.